The Morgan fingerprint density at radius 3 is 1.54 bits per heavy atom. The first kappa shape index (κ1) is 30.1. The van der Waals surface area contributed by atoms with Crippen molar-refractivity contribution in [3.8, 4) is 23.0 Å². The molecule has 254 valence electrons. The molecular weight excluding hydrogens is 664 g/mol. The van der Waals surface area contributed by atoms with Crippen molar-refractivity contribution in [2.45, 2.75) is 10.8 Å². The van der Waals surface area contributed by atoms with Crippen LogP contribution in [-0.2, 0) is 25.2 Å². The fourth-order valence-corrected chi connectivity index (χ4v) is 9.23. The molecule has 1 saturated carbocycles. The van der Waals surface area contributed by atoms with Gasteiger partial charge in [-0.1, -0.05) is 78.9 Å². The number of carbonyl (C=O) groups is 3. The lowest BCUT2D eigenvalue weighted by Gasteiger charge is -2.39. The van der Waals surface area contributed by atoms with Crippen LogP contribution in [0.5, 0.6) is 23.0 Å². The summed E-state index contributed by atoms with van der Waals surface area (Å²) in [5.74, 6) is -1.94. The number of benzene rings is 5. The highest BCUT2D eigenvalue weighted by Gasteiger charge is 2.82. The van der Waals surface area contributed by atoms with Crippen molar-refractivity contribution >= 4 is 40.1 Å². The van der Waals surface area contributed by atoms with Crippen LogP contribution in [0.3, 0.4) is 0 Å². The summed E-state index contributed by atoms with van der Waals surface area (Å²) in [5.41, 5.74) is -0.195. The van der Waals surface area contributed by atoms with Gasteiger partial charge in [0.05, 0.1) is 33.3 Å². The van der Waals surface area contributed by atoms with Gasteiger partial charge in [0.15, 0.2) is 28.8 Å². The number of ketones is 1. The maximum atomic E-state index is 16.2. The van der Waals surface area contributed by atoms with Crippen LogP contribution in [0, 0.1) is 22.0 Å². The van der Waals surface area contributed by atoms with Crippen molar-refractivity contribution in [1.82, 2.24) is 0 Å². The minimum atomic E-state index is -1.69. The van der Waals surface area contributed by atoms with Gasteiger partial charge in [-0.15, -0.1) is 0 Å². The van der Waals surface area contributed by atoms with Crippen LogP contribution in [0.25, 0.3) is 11.1 Å². The molecule has 0 N–H and O–H groups in total. The summed E-state index contributed by atoms with van der Waals surface area (Å²) in [6.45, 7) is 0.0544. The first-order valence-electron chi connectivity index (χ1n) is 16.7. The molecule has 3 heterocycles. The third kappa shape index (κ3) is 3.66. The average molecular weight is 691 g/mol. The minimum absolute atomic E-state index is 0.0272. The molecule has 0 aromatic heterocycles. The highest BCUT2D eigenvalue weighted by atomic mass is 16.7. The van der Waals surface area contributed by atoms with Crippen LogP contribution >= 0.6 is 0 Å². The first-order valence-corrected chi connectivity index (χ1v) is 16.7. The van der Waals surface area contributed by atoms with Crippen molar-refractivity contribution in [2.24, 2.45) is 11.8 Å². The summed E-state index contributed by atoms with van der Waals surface area (Å²) < 4.78 is 23.0. The number of carbonyl (C=O) groups excluding carboxylic acids is 3. The number of amides is 2. The molecule has 52 heavy (non-hydrogen) atoms. The zero-order valence-corrected chi connectivity index (χ0v) is 27.2. The maximum Gasteiger partial charge on any atom is 0.271 e. The number of non-ortho nitro benzene ring substituents is 1. The molecule has 5 aromatic rings. The molecule has 2 aliphatic carbocycles. The molecule has 3 aliphatic heterocycles. The molecule has 0 unspecified atom stereocenters. The molecular formula is C41H26N2O9. The van der Waals surface area contributed by atoms with E-state index in [4.69, 9.17) is 18.9 Å². The third-order valence-corrected chi connectivity index (χ3v) is 11.1. The largest absolute Gasteiger partial charge is 0.454 e. The summed E-state index contributed by atoms with van der Waals surface area (Å²) in [6, 6.07) is 34.5. The molecule has 1 saturated heterocycles. The minimum Gasteiger partial charge on any atom is -0.454 e. The summed E-state index contributed by atoms with van der Waals surface area (Å²) in [7, 11) is 0. The van der Waals surface area contributed by atoms with Crippen molar-refractivity contribution in [2.75, 3.05) is 18.5 Å². The monoisotopic (exact) mass is 690 g/mol. The van der Waals surface area contributed by atoms with Crippen molar-refractivity contribution in [3.05, 3.63) is 154 Å². The number of hydrogen-bond donors (Lipinski definition) is 0. The Hall–Kier alpha value is -6.75. The maximum absolute atomic E-state index is 16.2. The number of rotatable bonds is 6. The van der Waals surface area contributed by atoms with E-state index >= 15 is 14.4 Å². The highest BCUT2D eigenvalue weighted by Crippen LogP contribution is 2.74. The van der Waals surface area contributed by atoms with Gasteiger partial charge in [0.1, 0.15) is 0 Å². The molecule has 2 amide bonds. The molecule has 11 heteroatoms. The fraction of sp³-hybridized carbons (Fsp3) is 0.146. The second-order valence-electron chi connectivity index (χ2n) is 13.3. The van der Waals surface area contributed by atoms with E-state index in [0.717, 1.165) is 4.90 Å². The Balaban J connectivity index is 1.35. The Kier molecular flexibility index (Phi) is 6.15. The molecule has 4 atom stereocenters. The number of anilines is 1. The van der Waals surface area contributed by atoms with E-state index < -0.39 is 39.4 Å². The highest BCUT2D eigenvalue weighted by molar-refractivity contribution is 6.39. The van der Waals surface area contributed by atoms with Gasteiger partial charge in [0.2, 0.25) is 25.4 Å². The quantitative estimate of drug-likeness (QED) is 0.115. The van der Waals surface area contributed by atoms with Crippen LogP contribution in [0.1, 0.15) is 22.3 Å². The number of nitro benzene ring substituents is 1. The van der Waals surface area contributed by atoms with E-state index in [1.807, 2.05) is 84.9 Å². The molecule has 11 nitrogen and oxygen atoms in total. The number of nitro groups is 1. The zero-order chi connectivity index (χ0) is 35.4. The Morgan fingerprint density at radius 1 is 0.577 bits per heavy atom. The second kappa shape index (κ2) is 10.6. The molecule has 0 spiro atoms. The second-order valence-corrected chi connectivity index (χ2v) is 13.3. The van der Waals surface area contributed by atoms with Crippen LogP contribution in [0.4, 0.5) is 11.4 Å². The van der Waals surface area contributed by atoms with E-state index in [1.165, 1.54) is 24.3 Å². The summed E-state index contributed by atoms with van der Waals surface area (Å²) in [6.07, 6.45) is 0. The van der Waals surface area contributed by atoms with Crippen LogP contribution in [0.2, 0.25) is 0 Å². The van der Waals surface area contributed by atoms with Crippen molar-refractivity contribution in [1.29, 1.82) is 0 Å². The molecule has 5 aliphatic rings. The number of nitrogens with zero attached hydrogens (tertiary/aromatic N) is 2. The topological polar surface area (TPSA) is 135 Å². The van der Waals surface area contributed by atoms with Gasteiger partial charge in [-0.25, -0.2) is 4.90 Å². The van der Waals surface area contributed by atoms with Gasteiger partial charge in [-0.3, -0.25) is 24.5 Å². The number of Topliss-reactive ketones (excluding diaryl/α,β-unsaturated/α-hetero) is 1. The van der Waals surface area contributed by atoms with Crippen LogP contribution < -0.4 is 23.8 Å². The standard InChI is InChI=1S/C41H26N2O9/c44-37-35-36(38(45)42(37)27-12-7-13-28(20-27)43(47)48)41(26-10-5-2-6-11-26)34(24-15-17-30-32(19-24)52-22-50-30)33(23-14-16-29-31(18-23)51-21-49-29)40(35,39(41)46)25-8-3-1-4-9-25/h1-20,35-36H,21-22H2/t35-,36+,40-,41-/m0/s1. The Labute approximate surface area is 295 Å². The Morgan fingerprint density at radius 2 is 1.06 bits per heavy atom. The normalized spacial score (nSPS) is 24.9. The van der Waals surface area contributed by atoms with E-state index in [0.29, 0.717) is 56.4 Å². The number of hydrogen-bond acceptors (Lipinski definition) is 9. The average Bonchev–Trinajstić information content (AvgIpc) is 3.98. The SMILES string of the molecule is O=C1[C@@H]2[C@H](C(=O)N1c1cccc([N+](=O)[O-])c1)[C@@]1(c3ccccc3)C(=O)[C@@]2(c2ccccc2)C(c2ccc3c(c2)OCO3)=C1c1ccc2c(c1)OCO2. The fourth-order valence-electron chi connectivity index (χ4n) is 9.23. The summed E-state index contributed by atoms with van der Waals surface area (Å²) in [5, 5.41) is 11.8. The van der Waals surface area contributed by atoms with E-state index in [1.54, 1.807) is 12.1 Å². The lowest BCUT2D eigenvalue weighted by Crippen LogP contribution is -2.45. The first-order chi connectivity index (χ1) is 25.4. The smallest absolute Gasteiger partial charge is 0.271 e. The van der Waals surface area contributed by atoms with Crippen LogP contribution in [-0.4, -0.2) is 36.1 Å². The predicted molar refractivity (Wildman–Crippen MR) is 186 cm³/mol. The molecule has 2 bridgehead atoms. The third-order valence-electron chi connectivity index (χ3n) is 11.1. The summed E-state index contributed by atoms with van der Waals surface area (Å²) >= 11 is 0. The number of imide groups is 1. The molecule has 0 radical (unpaired) electrons. The Bertz CT molecular complexity index is 2310. The molecule has 2 fully saturated rings. The van der Waals surface area contributed by atoms with E-state index in [9.17, 15) is 10.1 Å². The number of ether oxygens (including phenoxy) is 4. The lowest BCUT2D eigenvalue weighted by molar-refractivity contribution is -0.384. The van der Waals surface area contributed by atoms with Crippen molar-refractivity contribution < 1.29 is 38.3 Å². The number of allylic oxidation sites excluding steroid dienone is 2. The van der Waals surface area contributed by atoms with E-state index in [-0.39, 0.29) is 30.7 Å². The van der Waals surface area contributed by atoms with Crippen LogP contribution in [0.15, 0.2) is 121 Å². The predicted octanol–water partition coefficient (Wildman–Crippen LogP) is 6.24. The molecule has 5 aromatic carbocycles. The summed E-state index contributed by atoms with van der Waals surface area (Å²) in [4.78, 5) is 58.9. The zero-order valence-electron chi connectivity index (χ0n) is 27.2. The van der Waals surface area contributed by atoms with Gasteiger partial charge in [-0.2, -0.15) is 0 Å². The van der Waals surface area contributed by atoms with Gasteiger partial charge >= 0.3 is 0 Å². The van der Waals surface area contributed by atoms with E-state index in [2.05, 4.69) is 0 Å². The van der Waals surface area contributed by atoms with Gasteiger partial charge in [0.25, 0.3) is 5.69 Å². The number of fused-ring (bicyclic) bond motifs is 7. The lowest BCUT2D eigenvalue weighted by atomic mass is 9.59. The molecule has 10 rings (SSSR count). The van der Waals surface area contributed by atoms with Crippen molar-refractivity contribution in [3.63, 3.8) is 0 Å². The van der Waals surface area contributed by atoms with Gasteiger partial charge in [-0.05, 0) is 63.7 Å². The van der Waals surface area contributed by atoms with Gasteiger partial charge in [0, 0.05) is 12.1 Å². The van der Waals surface area contributed by atoms with Gasteiger partial charge < -0.3 is 18.9 Å².